The van der Waals surface area contributed by atoms with Crippen LogP contribution in [-0.4, -0.2) is 29.4 Å². The maximum atomic E-state index is 12.3. The third-order valence-electron chi connectivity index (χ3n) is 3.44. The molecule has 0 atom stereocenters. The van der Waals surface area contributed by atoms with Crippen LogP contribution in [0.15, 0.2) is 66.2 Å². The first-order chi connectivity index (χ1) is 13.1. The molecule has 7 nitrogen and oxygen atoms in total. The molecule has 0 unspecified atom stereocenters. The van der Waals surface area contributed by atoms with Gasteiger partial charge < -0.3 is 10.1 Å². The van der Waals surface area contributed by atoms with Gasteiger partial charge in [-0.15, -0.1) is 11.3 Å². The lowest BCUT2D eigenvalue weighted by Crippen LogP contribution is -2.22. The minimum absolute atomic E-state index is 0.156. The summed E-state index contributed by atoms with van der Waals surface area (Å²) in [6.07, 6.45) is 1.55. The van der Waals surface area contributed by atoms with E-state index < -0.39 is 18.5 Å². The summed E-state index contributed by atoms with van der Waals surface area (Å²) in [4.78, 5) is 40.3. The van der Waals surface area contributed by atoms with Gasteiger partial charge >= 0.3 is 5.97 Å². The highest BCUT2D eigenvalue weighted by Crippen LogP contribution is 2.17. The van der Waals surface area contributed by atoms with E-state index >= 15 is 0 Å². The van der Waals surface area contributed by atoms with Crippen LogP contribution in [0.5, 0.6) is 0 Å². The zero-order valence-corrected chi connectivity index (χ0v) is 14.9. The third kappa shape index (κ3) is 4.99. The number of para-hydroxylation sites is 1. The number of hydrogen-bond acceptors (Lipinski definition) is 6. The number of carbonyl (C=O) groups is 3. The summed E-state index contributed by atoms with van der Waals surface area (Å²) in [6.45, 7) is -0.459. The van der Waals surface area contributed by atoms with Crippen LogP contribution < -0.4 is 10.6 Å². The molecule has 2 amide bonds. The molecule has 1 heterocycles. The number of carbonyl (C=O) groups excluding carboxylic acids is 3. The summed E-state index contributed by atoms with van der Waals surface area (Å²) in [5.41, 5.74) is 0.920. The van der Waals surface area contributed by atoms with E-state index in [4.69, 9.17) is 4.74 Å². The van der Waals surface area contributed by atoms with Crippen molar-refractivity contribution >= 4 is 39.9 Å². The fourth-order valence-electron chi connectivity index (χ4n) is 2.20. The first-order valence-electron chi connectivity index (χ1n) is 7.95. The topological polar surface area (TPSA) is 97.4 Å². The number of aromatic nitrogens is 1. The standard InChI is InChI=1S/C19H15N3O4S/c23-16(22-19-20-10-11-27-19)12-26-18(25)14-8-4-5-9-15(14)21-17(24)13-6-2-1-3-7-13/h1-11H,12H2,(H,21,24)(H,20,22,23). The highest BCUT2D eigenvalue weighted by atomic mass is 32.1. The van der Waals surface area contributed by atoms with Gasteiger partial charge in [0.25, 0.3) is 11.8 Å². The van der Waals surface area contributed by atoms with Crippen LogP contribution in [-0.2, 0) is 9.53 Å². The predicted molar refractivity (Wildman–Crippen MR) is 102 cm³/mol. The van der Waals surface area contributed by atoms with Crippen LogP contribution in [0.1, 0.15) is 20.7 Å². The fraction of sp³-hybridized carbons (Fsp3) is 0.0526. The van der Waals surface area contributed by atoms with E-state index in [1.165, 1.54) is 17.4 Å². The molecule has 0 spiro atoms. The largest absolute Gasteiger partial charge is 0.452 e. The summed E-state index contributed by atoms with van der Waals surface area (Å²) in [5.74, 6) is -1.56. The van der Waals surface area contributed by atoms with Gasteiger partial charge in [0, 0.05) is 17.1 Å². The van der Waals surface area contributed by atoms with Crippen molar-refractivity contribution in [2.45, 2.75) is 0 Å². The van der Waals surface area contributed by atoms with Crippen LogP contribution in [0.25, 0.3) is 0 Å². The molecular weight excluding hydrogens is 366 g/mol. The van der Waals surface area contributed by atoms with Crippen LogP contribution in [0, 0.1) is 0 Å². The van der Waals surface area contributed by atoms with Gasteiger partial charge in [0.15, 0.2) is 11.7 Å². The van der Waals surface area contributed by atoms with Crippen LogP contribution in [0.3, 0.4) is 0 Å². The Morgan fingerprint density at radius 2 is 1.70 bits per heavy atom. The van der Waals surface area contributed by atoms with Crippen molar-refractivity contribution in [1.29, 1.82) is 0 Å². The van der Waals surface area contributed by atoms with Crippen molar-refractivity contribution in [2.75, 3.05) is 17.2 Å². The average Bonchev–Trinajstić information content (AvgIpc) is 3.20. The van der Waals surface area contributed by atoms with Crippen molar-refractivity contribution in [3.05, 3.63) is 77.3 Å². The summed E-state index contributed by atoms with van der Waals surface area (Å²) >= 11 is 1.26. The number of esters is 1. The molecule has 0 fully saturated rings. The second kappa shape index (κ2) is 8.72. The van der Waals surface area contributed by atoms with Gasteiger partial charge in [0.2, 0.25) is 0 Å². The molecule has 0 aliphatic heterocycles. The first-order valence-corrected chi connectivity index (χ1v) is 8.83. The van der Waals surface area contributed by atoms with Crippen molar-refractivity contribution in [2.24, 2.45) is 0 Å². The Morgan fingerprint density at radius 3 is 2.44 bits per heavy atom. The van der Waals surface area contributed by atoms with Crippen molar-refractivity contribution in [3.8, 4) is 0 Å². The van der Waals surface area contributed by atoms with Crippen LogP contribution in [0.2, 0.25) is 0 Å². The Balaban J connectivity index is 1.63. The zero-order chi connectivity index (χ0) is 19.1. The normalized spacial score (nSPS) is 10.1. The van der Waals surface area contributed by atoms with E-state index in [1.807, 2.05) is 0 Å². The minimum atomic E-state index is -0.715. The first kappa shape index (κ1) is 18.3. The second-order valence-corrected chi connectivity index (χ2v) is 6.22. The number of benzene rings is 2. The lowest BCUT2D eigenvalue weighted by molar-refractivity contribution is -0.119. The summed E-state index contributed by atoms with van der Waals surface area (Å²) in [7, 11) is 0. The molecule has 0 bridgehead atoms. The smallest absolute Gasteiger partial charge is 0.340 e. The number of hydrogen-bond donors (Lipinski definition) is 2. The highest BCUT2D eigenvalue weighted by molar-refractivity contribution is 7.13. The molecular formula is C19H15N3O4S. The molecule has 3 aromatic rings. The Hall–Kier alpha value is -3.52. The third-order valence-corrected chi connectivity index (χ3v) is 4.13. The lowest BCUT2D eigenvalue weighted by atomic mass is 10.1. The number of nitrogens with one attached hydrogen (secondary N) is 2. The molecule has 2 N–H and O–H groups in total. The lowest BCUT2D eigenvalue weighted by Gasteiger charge is -2.11. The van der Waals surface area contributed by atoms with E-state index in [0.29, 0.717) is 16.4 Å². The Morgan fingerprint density at radius 1 is 0.963 bits per heavy atom. The molecule has 8 heteroatoms. The molecule has 0 aliphatic rings. The van der Waals surface area contributed by atoms with Crippen molar-refractivity contribution in [3.63, 3.8) is 0 Å². The number of rotatable bonds is 6. The van der Waals surface area contributed by atoms with Gasteiger partial charge in [0.05, 0.1) is 11.3 Å². The molecule has 136 valence electrons. The highest BCUT2D eigenvalue weighted by Gasteiger charge is 2.16. The molecule has 0 aliphatic carbocycles. The number of nitrogens with zero attached hydrogens (tertiary/aromatic N) is 1. The monoisotopic (exact) mass is 381 g/mol. The maximum Gasteiger partial charge on any atom is 0.340 e. The van der Waals surface area contributed by atoms with E-state index in [9.17, 15) is 14.4 Å². The Kier molecular flexibility index (Phi) is 5.91. The fourth-order valence-corrected chi connectivity index (χ4v) is 2.75. The van der Waals surface area contributed by atoms with Crippen LogP contribution in [0.4, 0.5) is 10.8 Å². The number of amides is 2. The molecule has 27 heavy (non-hydrogen) atoms. The zero-order valence-electron chi connectivity index (χ0n) is 14.0. The molecule has 3 rings (SSSR count). The maximum absolute atomic E-state index is 12.3. The summed E-state index contributed by atoms with van der Waals surface area (Å²) in [5, 5.41) is 7.34. The predicted octanol–water partition coefficient (Wildman–Crippen LogP) is 3.19. The number of ether oxygens (including phenoxy) is 1. The summed E-state index contributed by atoms with van der Waals surface area (Å²) < 4.78 is 5.04. The van der Waals surface area contributed by atoms with Gasteiger partial charge in [-0.05, 0) is 24.3 Å². The van der Waals surface area contributed by atoms with Crippen molar-refractivity contribution < 1.29 is 19.1 Å². The van der Waals surface area contributed by atoms with E-state index in [2.05, 4.69) is 15.6 Å². The number of thiazole rings is 1. The average molecular weight is 381 g/mol. The SMILES string of the molecule is O=C(COC(=O)c1ccccc1NC(=O)c1ccccc1)Nc1nccs1. The number of anilines is 2. The van der Waals surface area contributed by atoms with E-state index in [-0.39, 0.29) is 11.5 Å². The van der Waals surface area contributed by atoms with E-state index in [1.54, 1.807) is 60.1 Å². The molecule has 2 aromatic carbocycles. The van der Waals surface area contributed by atoms with Gasteiger partial charge in [-0.1, -0.05) is 30.3 Å². The second-order valence-electron chi connectivity index (χ2n) is 5.33. The van der Waals surface area contributed by atoms with Gasteiger partial charge in [-0.3, -0.25) is 14.9 Å². The minimum Gasteiger partial charge on any atom is -0.452 e. The Bertz CT molecular complexity index is 943. The Labute approximate surface area is 159 Å². The summed E-state index contributed by atoms with van der Waals surface area (Å²) in [6, 6.07) is 15.1. The van der Waals surface area contributed by atoms with Crippen molar-refractivity contribution in [1.82, 2.24) is 4.98 Å². The van der Waals surface area contributed by atoms with Gasteiger partial charge in [0.1, 0.15) is 0 Å². The van der Waals surface area contributed by atoms with Gasteiger partial charge in [-0.25, -0.2) is 9.78 Å². The quantitative estimate of drug-likeness (QED) is 0.639. The van der Waals surface area contributed by atoms with Crippen LogP contribution >= 0.6 is 11.3 Å². The molecule has 0 radical (unpaired) electrons. The molecule has 0 saturated heterocycles. The van der Waals surface area contributed by atoms with Gasteiger partial charge in [-0.2, -0.15) is 0 Å². The van der Waals surface area contributed by atoms with E-state index in [0.717, 1.165) is 0 Å². The molecule has 1 aromatic heterocycles. The molecule has 0 saturated carbocycles.